The van der Waals surface area contributed by atoms with Crippen LogP contribution in [0.5, 0.6) is 0 Å². The maximum Gasteiger partial charge on any atom is 0.407 e. The minimum atomic E-state index is -0.598. The number of carbonyl (C=O) groups excluding carboxylic acids is 2. The number of benzene rings is 1. The molecule has 0 aliphatic rings. The Balaban J connectivity index is 2.83. The van der Waals surface area contributed by atoms with Gasteiger partial charge in [-0.05, 0) is 32.9 Å². The molecule has 1 N–H and O–H groups in total. The molecule has 0 aliphatic heterocycles. The van der Waals surface area contributed by atoms with E-state index in [0.29, 0.717) is 5.56 Å². The first-order valence-corrected chi connectivity index (χ1v) is 8.21. The molecule has 0 saturated carbocycles. The van der Waals surface area contributed by atoms with Crippen molar-refractivity contribution < 1.29 is 19.1 Å². The Hall–Kier alpha value is -1.40. The van der Waals surface area contributed by atoms with Crippen LogP contribution in [0.3, 0.4) is 0 Å². The van der Waals surface area contributed by atoms with Gasteiger partial charge in [0, 0.05) is 23.1 Å². The van der Waals surface area contributed by atoms with Crippen LogP contribution in [-0.4, -0.2) is 37.2 Å². The van der Waals surface area contributed by atoms with Crippen LogP contribution < -0.4 is 5.32 Å². The van der Waals surface area contributed by atoms with E-state index < -0.39 is 23.7 Å². The highest BCUT2D eigenvalue weighted by Crippen LogP contribution is 2.18. The molecule has 0 heterocycles. The van der Waals surface area contributed by atoms with Gasteiger partial charge in [-0.2, -0.15) is 0 Å². The molecule has 1 aromatic rings. The lowest BCUT2D eigenvalue weighted by atomic mass is 9.93. The Kier molecular flexibility index (Phi) is 7.22. The summed E-state index contributed by atoms with van der Waals surface area (Å²) >= 11 is 3.35. The van der Waals surface area contributed by atoms with Crippen LogP contribution in [0.4, 0.5) is 4.79 Å². The first kappa shape index (κ1) is 19.6. The highest BCUT2D eigenvalue weighted by atomic mass is 79.9. The van der Waals surface area contributed by atoms with Gasteiger partial charge >= 0.3 is 6.09 Å². The molecule has 0 spiro atoms. The van der Waals surface area contributed by atoms with Crippen molar-refractivity contribution in [2.24, 2.45) is 5.92 Å². The summed E-state index contributed by atoms with van der Waals surface area (Å²) in [6.07, 6.45) is -0.562. The minimum absolute atomic E-state index is 0.0654. The third kappa shape index (κ3) is 6.71. The van der Waals surface area contributed by atoms with Gasteiger partial charge in [-0.1, -0.05) is 35.0 Å². The molecule has 1 aromatic carbocycles. The highest BCUT2D eigenvalue weighted by molar-refractivity contribution is 9.10. The zero-order chi connectivity index (χ0) is 17.6. The molecule has 0 aromatic heterocycles. The van der Waals surface area contributed by atoms with Crippen molar-refractivity contribution in [1.82, 2.24) is 5.32 Å². The Labute approximate surface area is 145 Å². The number of amides is 1. The van der Waals surface area contributed by atoms with Crippen molar-refractivity contribution in [2.75, 3.05) is 13.7 Å². The van der Waals surface area contributed by atoms with Gasteiger partial charge in [-0.25, -0.2) is 4.79 Å². The zero-order valence-corrected chi connectivity index (χ0v) is 15.8. The molecule has 0 fully saturated rings. The lowest BCUT2D eigenvalue weighted by molar-refractivity contribution is 0.0435. The quantitative estimate of drug-likeness (QED) is 0.756. The average molecular weight is 386 g/mol. The van der Waals surface area contributed by atoms with Crippen molar-refractivity contribution in [1.29, 1.82) is 0 Å². The summed E-state index contributed by atoms with van der Waals surface area (Å²) in [5.41, 5.74) is -0.0156. The number of hydrogen-bond donors (Lipinski definition) is 1. The summed E-state index contributed by atoms with van der Waals surface area (Å²) in [4.78, 5) is 24.6. The van der Waals surface area contributed by atoms with Crippen LogP contribution in [0.2, 0.25) is 0 Å². The van der Waals surface area contributed by atoms with Gasteiger partial charge in [0.1, 0.15) is 5.60 Å². The third-order valence-electron chi connectivity index (χ3n) is 3.17. The van der Waals surface area contributed by atoms with E-state index in [-0.39, 0.29) is 12.4 Å². The summed E-state index contributed by atoms with van der Waals surface area (Å²) in [7, 11) is 1.53. The first-order chi connectivity index (χ1) is 10.6. The highest BCUT2D eigenvalue weighted by Gasteiger charge is 2.28. The Morgan fingerprint density at radius 3 is 2.48 bits per heavy atom. The second-order valence-corrected chi connectivity index (χ2v) is 7.29. The molecule has 0 aliphatic carbocycles. The van der Waals surface area contributed by atoms with Crippen LogP contribution in [0, 0.1) is 5.92 Å². The predicted molar refractivity (Wildman–Crippen MR) is 92.7 cm³/mol. The number of methoxy groups -OCH3 is 1. The second-order valence-electron chi connectivity index (χ2n) is 6.37. The smallest absolute Gasteiger partial charge is 0.407 e. The number of Topliss-reactive ketones (excluding diaryl/α,β-unsaturated/α-hetero) is 1. The summed E-state index contributed by atoms with van der Waals surface area (Å²) < 4.78 is 11.2. The van der Waals surface area contributed by atoms with Crippen molar-refractivity contribution in [3.05, 3.63) is 34.3 Å². The minimum Gasteiger partial charge on any atom is -0.444 e. The summed E-state index contributed by atoms with van der Waals surface area (Å²) in [6, 6.07) is 6.70. The van der Waals surface area contributed by atoms with Crippen molar-refractivity contribution in [3.63, 3.8) is 0 Å². The van der Waals surface area contributed by atoms with Crippen molar-refractivity contribution in [2.45, 2.75) is 39.3 Å². The molecule has 0 radical (unpaired) electrons. The molecule has 2 unspecified atom stereocenters. The maximum atomic E-state index is 12.6. The summed E-state index contributed by atoms with van der Waals surface area (Å²) in [5, 5.41) is 2.72. The van der Waals surface area contributed by atoms with Gasteiger partial charge in [0.2, 0.25) is 0 Å². The Morgan fingerprint density at radius 1 is 1.30 bits per heavy atom. The van der Waals surface area contributed by atoms with Gasteiger partial charge in [-0.15, -0.1) is 0 Å². The Bertz CT molecular complexity index is 554. The van der Waals surface area contributed by atoms with E-state index in [1.165, 1.54) is 7.11 Å². The number of ether oxygens (including phenoxy) is 2. The molecule has 0 bridgehead atoms. The fourth-order valence-electron chi connectivity index (χ4n) is 2.04. The number of ketones is 1. The molecular weight excluding hydrogens is 362 g/mol. The van der Waals surface area contributed by atoms with Crippen LogP contribution in [0.25, 0.3) is 0 Å². The number of alkyl carbamates (subject to hydrolysis) is 1. The average Bonchev–Trinajstić information content (AvgIpc) is 2.43. The Morgan fingerprint density at radius 2 is 1.96 bits per heavy atom. The lowest BCUT2D eigenvalue weighted by Crippen LogP contribution is -2.46. The second kappa shape index (κ2) is 8.45. The number of nitrogens with one attached hydrogen (secondary N) is 1. The zero-order valence-electron chi connectivity index (χ0n) is 14.2. The van der Waals surface area contributed by atoms with E-state index in [9.17, 15) is 9.59 Å². The largest absolute Gasteiger partial charge is 0.444 e. The van der Waals surface area contributed by atoms with Crippen LogP contribution in [-0.2, 0) is 9.47 Å². The van der Waals surface area contributed by atoms with E-state index in [2.05, 4.69) is 21.2 Å². The van der Waals surface area contributed by atoms with E-state index in [1.54, 1.807) is 45.9 Å². The number of hydrogen-bond acceptors (Lipinski definition) is 4. The van der Waals surface area contributed by atoms with Crippen LogP contribution in [0.1, 0.15) is 38.1 Å². The maximum absolute atomic E-state index is 12.6. The summed E-state index contributed by atoms with van der Waals surface area (Å²) in [5.74, 6) is -0.513. The monoisotopic (exact) mass is 385 g/mol. The number of carbonyl (C=O) groups is 2. The van der Waals surface area contributed by atoms with E-state index in [1.807, 2.05) is 6.07 Å². The molecule has 1 amide bonds. The van der Waals surface area contributed by atoms with Crippen LogP contribution in [0.15, 0.2) is 28.7 Å². The van der Waals surface area contributed by atoms with Gasteiger partial charge < -0.3 is 14.8 Å². The van der Waals surface area contributed by atoms with Crippen molar-refractivity contribution >= 4 is 27.8 Å². The first-order valence-electron chi connectivity index (χ1n) is 7.42. The van der Waals surface area contributed by atoms with Gasteiger partial charge in [0.25, 0.3) is 0 Å². The number of halogens is 1. The molecule has 6 heteroatoms. The topological polar surface area (TPSA) is 64.6 Å². The molecule has 23 heavy (non-hydrogen) atoms. The molecular formula is C17H24BrNO4. The van der Waals surface area contributed by atoms with Gasteiger partial charge in [-0.3, -0.25) is 4.79 Å². The SMILES string of the molecule is COCC(NC(=O)OC(C)(C)C)C(C)C(=O)c1cccc(Br)c1. The number of rotatable bonds is 6. The molecule has 1 rings (SSSR count). The third-order valence-corrected chi connectivity index (χ3v) is 3.67. The molecule has 5 nitrogen and oxygen atoms in total. The van der Waals surface area contributed by atoms with E-state index in [0.717, 1.165) is 4.47 Å². The van der Waals surface area contributed by atoms with E-state index >= 15 is 0 Å². The molecule has 2 atom stereocenters. The molecule has 0 saturated heterocycles. The van der Waals surface area contributed by atoms with Crippen molar-refractivity contribution in [3.8, 4) is 0 Å². The summed E-state index contributed by atoms with van der Waals surface area (Å²) in [6.45, 7) is 7.35. The van der Waals surface area contributed by atoms with Crippen LogP contribution >= 0.6 is 15.9 Å². The predicted octanol–water partition coefficient (Wildman–Crippen LogP) is 3.81. The normalized spacial score (nSPS) is 14.0. The molecule has 128 valence electrons. The lowest BCUT2D eigenvalue weighted by Gasteiger charge is -2.26. The van der Waals surface area contributed by atoms with Gasteiger partial charge in [0.15, 0.2) is 5.78 Å². The standard InChI is InChI=1S/C17H24BrNO4/c1-11(15(20)12-7-6-8-13(18)9-12)14(10-22-5)19-16(21)23-17(2,3)4/h6-9,11,14H,10H2,1-5H3,(H,19,21). The fourth-order valence-corrected chi connectivity index (χ4v) is 2.44. The van der Waals surface area contributed by atoms with Gasteiger partial charge in [0.05, 0.1) is 12.6 Å². The van der Waals surface area contributed by atoms with E-state index in [4.69, 9.17) is 9.47 Å². The fraction of sp³-hybridized carbons (Fsp3) is 0.529.